The van der Waals surface area contributed by atoms with Crippen LogP contribution in [0.2, 0.25) is 0 Å². The number of hydrazone groups is 1. The molecular formula is C18H20FN3O4. The van der Waals surface area contributed by atoms with Gasteiger partial charge in [-0.15, -0.1) is 0 Å². The van der Waals surface area contributed by atoms with E-state index in [1.54, 1.807) is 12.1 Å². The number of hydrogen-bond donors (Lipinski definition) is 1. The summed E-state index contributed by atoms with van der Waals surface area (Å²) in [5.41, 5.74) is 0.887. The summed E-state index contributed by atoms with van der Waals surface area (Å²) < 4.78 is 13.0. The molecule has 1 fully saturated rings. The Kier molecular flexibility index (Phi) is 5.29. The molecule has 0 saturated carbocycles. The van der Waals surface area contributed by atoms with Crippen LogP contribution in [0.3, 0.4) is 0 Å². The fraction of sp³-hybridized carbons (Fsp3) is 0.444. The zero-order chi connectivity index (χ0) is 18.7. The Morgan fingerprint density at radius 1 is 1.19 bits per heavy atom. The number of halogens is 1. The second kappa shape index (κ2) is 7.63. The summed E-state index contributed by atoms with van der Waals surface area (Å²) in [5.74, 6) is -2.04. The zero-order valence-corrected chi connectivity index (χ0v) is 14.2. The molecule has 1 saturated heterocycles. The number of carboxylic acid groups (broad SMARTS) is 1. The SMILES string of the molecule is O=C(O)C1CCCCN1C(=O)C1=NN(Cc2ccc(F)cc2)C(=O)CC1. The summed E-state index contributed by atoms with van der Waals surface area (Å²) in [6.07, 6.45) is 2.27. The largest absolute Gasteiger partial charge is 0.480 e. The molecule has 7 nitrogen and oxygen atoms in total. The van der Waals surface area contributed by atoms with E-state index in [-0.39, 0.29) is 36.8 Å². The van der Waals surface area contributed by atoms with E-state index >= 15 is 0 Å². The summed E-state index contributed by atoms with van der Waals surface area (Å²) in [4.78, 5) is 37.6. The third kappa shape index (κ3) is 3.89. The van der Waals surface area contributed by atoms with Crippen LogP contribution < -0.4 is 0 Å². The molecule has 0 bridgehead atoms. The Hall–Kier alpha value is -2.77. The first-order valence-corrected chi connectivity index (χ1v) is 8.62. The van der Waals surface area contributed by atoms with E-state index in [9.17, 15) is 23.9 Å². The molecule has 1 aromatic rings. The van der Waals surface area contributed by atoms with Crippen LogP contribution in [0.5, 0.6) is 0 Å². The maximum atomic E-state index is 13.0. The molecule has 2 heterocycles. The lowest BCUT2D eigenvalue weighted by atomic mass is 10.0. The molecule has 8 heteroatoms. The van der Waals surface area contributed by atoms with Crippen molar-refractivity contribution in [2.75, 3.05) is 6.54 Å². The Labute approximate surface area is 150 Å². The van der Waals surface area contributed by atoms with Gasteiger partial charge in [0.15, 0.2) is 0 Å². The first-order chi connectivity index (χ1) is 12.5. The van der Waals surface area contributed by atoms with Gasteiger partial charge in [-0.2, -0.15) is 5.10 Å². The van der Waals surface area contributed by atoms with E-state index in [1.807, 2.05) is 0 Å². The minimum absolute atomic E-state index is 0.136. The molecule has 26 heavy (non-hydrogen) atoms. The highest BCUT2D eigenvalue weighted by Gasteiger charge is 2.35. The first-order valence-electron chi connectivity index (χ1n) is 8.62. The van der Waals surface area contributed by atoms with Crippen molar-refractivity contribution < 1.29 is 23.9 Å². The Morgan fingerprint density at radius 2 is 1.92 bits per heavy atom. The van der Waals surface area contributed by atoms with Gasteiger partial charge in [-0.3, -0.25) is 9.59 Å². The highest BCUT2D eigenvalue weighted by Crippen LogP contribution is 2.21. The average Bonchev–Trinajstić information content (AvgIpc) is 2.64. The number of rotatable bonds is 4. The van der Waals surface area contributed by atoms with E-state index in [0.717, 1.165) is 12.8 Å². The van der Waals surface area contributed by atoms with E-state index in [0.29, 0.717) is 18.5 Å². The standard InChI is InChI=1S/C18H20FN3O4/c19-13-6-4-12(5-7-13)11-22-16(23)9-8-14(20-22)17(24)21-10-2-1-3-15(21)18(25)26/h4-7,15H,1-3,8-11H2,(H,25,26). The quantitative estimate of drug-likeness (QED) is 0.885. The number of piperidine rings is 1. The van der Waals surface area contributed by atoms with Crippen LogP contribution in [0.4, 0.5) is 4.39 Å². The van der Waals surface area contributed by atoms with Crippen LogP contribution in [0.25, 0.3) is 0 Å². The summed E-state index contributed by atoms with van der Waals surface area (Å²) in [7, 11) is 0. The molecule has 2 amide bonds. The number of amides is 2. The number of benzene rings is 1. The van der Waals surface area contributed by atoms with Gasteiger partial charge in [0, 0.05) is 19.4 Å². The van der Waals surface area contributed by atoms with Crippen molar-refractivity contribution in [2.24, 2.45) is 5.10 Å². The maximum Gasteiger partial charge on any atom is 0.326 e. The lowest BCUT2D eigenvalue weighted by Gasteiger charge is -2.34. The van der Waals surface area contributed by atoms with Crippen LogP contribution in [0.15, 0.2) is 29.4 Å². The molecule has 1 unspecified atom stereocenters. The Morgan fingerprint density at radius 3 is 2.62 bits per heavy atom. The van der Waals surface area contributed by atoms with Crippen LogP contribution in [0.1, 0.15) is 37.7 Å². The predicted octanol–water partition coefficient (Wildman–Crippen LogP) is 1.77. The van der Waals surface area contributed by atoms with Crippen LogP contribution >= 0.6 is 0 Å². The Bertz CT molecular complexity index is 747. The second-order valence-corrected chi connectivity index (χ2v) is 6.47. The topological polar surface area (TPSA) is 90.3 Å². The second-order valence-electron chi connectivity index (χ2n) is 6.47. The van der Waals surface area contributed by atoms with Crippen LogP contribution in [-0.2, 0) is 20.9 Å². The number of hydrogen-bond acceptors (Lipinski definition) is 4. The van der Waals surface area contributed by atoms with Crippen molar-refractivity contribution in [1.82, 2.24) is 9.91 Å². The third-order valence-corrected chi connectivity index (χ3v) is 4.65. The van der Waals surface area contributed by atoms with Gasteiger partial charge in [0.1, 0.15) is 17.6 Å². The van der Waals surface area contributed by atoms with Crippen molar-refractivity contribution in [3.05, 3.63) is 35.6 Å². The van der Waals surface area contributed by atoms with E-state index in [1.165, 1.54) is 22.0 Å². The van der Waals surface area contributed by atoms with E-state index < -0.39 is 17.9 Å². The summed E-state index contributed by atoms with van der Waals surface area (Å²) >= 11 is 0. The van der Waals surface area contributed by atoms with Gasteiger partial charge >= 0.3 is 5.97 Å². The highest BCUT2D eigenvalue weighted by molar-refractivity contribution is 6.39. The van der Waals surface area contributed by atoms with Gasteiger partial charge in [-0.05, 0) is 37.0 Å². The van der Waals surface area contributed by atoms with Gasteiger partial charge in [0.05, 0.1) is 6.54 Å². The number of carbonyl (C=O) groups is 3. The van der Waals surface area contributed by atoms with Gasteiger partial charge in [0.25, 0.3) is 5.91 Å². The minimum Gasteiger partial charge on any atom is -0.480 e. The normalized spacial score (nSPS) is 20.7. The van der Waals surface area contributed by atoms with Gasteiger partial charge in [-0.1, -0.05) is 12.1 Å². The fourth-order valence-corrected chi connectivity index (χ4v) is 3.24. The monoisotopic (exact) mass is 361 g/mol. The van der Waals surface area contributed by atoms with Crippen molar-refractivity contribution in [3.8, 4) is 0 Å². The number of carboxylic acids is 1. The van der Waals surface area contributed by atoms with Gasteiger partial charge in [0.2, 0.25) is 5.91 Å². The number of nitrogens with zero attached hydrogens (tertiary/aromatic N) is 3. The smallest absolute Gasteiger partial charge is 0.326 e. The fourth-order valence-electron chi connectivity index (χ4n) is 3.24. The lowest BCUT2D eigenvalue weighted by molar-refractivity contribution is -0.149. The molecule has 0 spiro atoms. The third-order valence-electron chi connectivity index (χ3n) is 4.65. The summed E-state index contributed by atoms with van der Waals surface area (Å²) in [6, 6.07) is 4.86. The number of likely N-dealkylation sites (tertiary alicyclic amines) is 1. The lowest BCUT2D eigenvalue weighted by Crippen LogP contribution is -2.51. The first kappa shape index (κ1) is 18.0. The zero-order valence-electron chi connectivity index (χ0n) is 14.2. The molecule has 2 aliphatic heterocycles. The van der Waals surface area contributed by atoms with Crippen molar-refractivity contribution in [2.45, 2.75) is 44.7 Å². The molecule has 3 rings (SSSR count). The molecule has 1 aromatic carbocycles. The number of aliphatic carboxylic acids is 1. The van der Waals surface area contributed by atoms with Crippen molar-refractivity contribution in [3.63, 3.8) is 0 Å². The van der Waals surface area contributed by atoms with Gasteiger partial charge in [-0.25, -0.2) is 14.2 Å². The molecule has 0 radical (unpaired) electrons. The summed E-state index contributed by atoms with van der Waals surface area (Å²) in [5, 5.41) is 14.7. The van der Waals surface area contributed by atoms with Crippen LogP contribution in [0, 0.1) is 5.82 Å². The molecular weight excluding hydrogens is 341 g/mol. The molecule has 1 atom stereocenters. The van der Waals surface area contributed by atoms with Gasteiger partial charge < -0.3 is 10.0 Å². The molecule has 138 valence electrons. The average molecular weight is 361 g/mol. The maximum absolute atomic E-state index is 13.0. The van der Waals surface area contributed by atoms with Crippen molar-refractivity contribution in [1.29, 1.82) is 0 Å². The van der Waals surface area contributed by atoms with E-state index in [2.05, 4.69) is 5.10 Å². The molecule has 2 aliphatic rings. The predicted molar refractivity (Wildman–Crippen MR) is 90.6 cm³/mol. The molecule has 0 aromatic heterocycles. The number of carbonyl (C=O) groups excluding carboxylic acids is 2. The van der Waals surface area contributed by atoms with Crippen molar-refractivity contribution >= 4 is 23.5 Å². The van der Waals surface area contributed by atoms with Crippen LogP contribution in [-0.4, -0.2) is 51.1 Å². The minimum atomic E-state index is -1.02. The molecule has 0 aliphatic carbocycles. The highest BCUT2D eigenvalue weighted by atomic mass is 19.1. The molecule has 1 N–H and O–H groups in total. The Balaban J connectivity index is 1.77. The summed E-state index contributed by atoms with van der Waals surface area (Å²) in [6.45, 7) is 0.513. The van der Waals surface area contributed by atoms with E-state index in [4.69, 9.17) is 0 Å².